The summed E-state index contributed by atoms with van der Waals surface area (Å²) in [6, 6.07) is 4.99. The van der Waals surface area contributed by atoms with Gasteiger partial charge in [-0.05, 0) is 26.0 Å². The smallest absolute Gasteiger partial charge is 0.233 e. The molecule has 9 heteroatoms. The molecule has 27 heavy (non-hydrogen) atoms. The average molecular weight is 412 g/mol. The summed E-state index contributed by atoms with van der Waals surface area (Å²) in [6.45, 7) is 7.21. The molecule has 0 bridgehead atoms. The predicted octanol–water partition coefficient (Wildman–Crippen LogP) is 3.09. The molecule has 0 unspecified atom stereocenters. The molecule has 3 rings (SSSR count). The van der Waals surface area contributed by atoms with E-state index >= 15 is 0 Å². The van der Waals surface area contributed by atoms with Crippen LogP contribution in [0.3, 0.4) is 0 Å². The first-order valence-electron chi connectivity index (χ1n) is 8.91. The Morgan fingerprint density at radius 2 is 2.04 bits per heavy atom. The van der Waals surface area contributed by atoms with Crippen molar-refractivity contribution in [1.82, 2.24) is 24.6 Å². The van der Waals surface area contributed by atoms with Crippen LogP contribution in [0.4, 0.5) is 4.39 Å². The van der Waals surface area contributed by atoms with E-state index < -0.39 is 0 Å². The highest BCUT2D eigenvalue weighted by molar-refractivity contribution is 7.99. The maximum Gasteiger partial charge on any atom is 0.233 e. The fourth-order valence-electron chi connectivity index (χ4n) is 2.97. The zero-order chi connectivity index (χ0) is 19.4. The van der Waals surface area contributed by atoms with Crippen LogP contribution >= 0.6 is 23.4 Å². The van der Waals surface area contributed by atoms with Crippen molar-refractivity contribution in [3.63, 3.8) is 0 Å². The van der Waals surface area contributed by atoms with Gasteiger partial charge in [-0.3, -0.25) is 9.69 Å². The van der Waals surface area contributed by atoms with Gasteiger partial charge >= 0.3 is 0 Å². The van der Waals surface area contributed by atoms with Crippen LogP contribution in [-0.2, 0) is 11.3 Å². The van der Waals surface area contributed by atoms with Crippen LogP contribution < -0.4 is 0 Å². The van der Waals surface area contributed by atoms with Crippen molar-refractivity contribution in [3.05, 3.63) is 40.9 Å². The molecule has 0 radical (unpaired) electrons. The summed E-state index contributed by atoms with van der Waals surface area (Å²) in [5.74, 6) is 0.137. The summed E-state index contributed by atoms with van der Waals surface area (Å²) in [5.41, 5.74) is 0.516. The summed E-state index contributed by atoms with van der Waals surface area (Å²) < 4.78 is 15.9. The number of piperazine rings is 1. The number of benzene rings is 1. The minimum atomic E-state index is -0.285. The maximum absolute atomic E-state index is 13.9. The van der Waals surface area contributed by atoms with Crippen molar-refractivity contribution in [1.29, 1.82) is 0 Å². The lowest BCUT2D eigenvalue weighted by molar-refractivity contribution is -0.130. The second-order valence-electron chi connectivity index (χ2n) is 6.76. The second-order valence-corrected chi connectivity index (χ2v) is 8.11. The van der Waals surface area contributed by atoms with Gasteiger partial charge in [0.25, 0.3) is 0 Å². The molecule has 146 valence electrons. The molecular weight excluding hydrogens is 389 g/mol. The molecule has 6 nitrogen and oxygen atoms in total. The molecule has 1 aliphatic heterocycles. The number of rotatable bonds is 6. The van der Waals surface area contributed by atoms with Crippen LogP contribution in [0.2, 0.25) is 5.02 Å². The third kappa shape index (κ3) is 5.00. The van der Waals surface area contributed by atoms with Crippen LogP contribution in [0.25, 0.3) is 0 Å². The minimum Gasteiger partial charge on any atom is -0.339 e. The van der Waals surface area contributed by atoms with Crippen molar-refractivity contribution in [2.75, 3.05) is 31.9 Å². The van der Waals surface area contributed by atoms with Crippen LogP contribution in [0.5, 0.6) is 0 Å². The van der Waals surface area contributed by atoms with E-state index in [4.69, 9.17) is 11.6 Å². The Hall–Kier alpha value is -1.64. The molecule has 2 aromatic rings. The van der Waals surface area contributed by atoms with Crippen molar-refractivity contribution < 1.29 is 9.18 Å². The first-order chi connectivity index (χ1) is 13.0. The molecule has 1 aromatic carbocycles. The van der Waals surface area contributed by atoms with Gasteiger partial charge in [-0.15, -0.1) is 10.2 Å². The Balaban J connectivity index is 1.48. The first-order valence-corrected chi connectivity index (χ1v) is 10.3. The van der Waals surface area contributed by atoms with Gasteiger partial charge in [0.2, 0.25) is 5.91 Å². The lowest BCUT2D eigenvalue weighted by atomic mass is 10.2. The van der Waals surface area contributed by atoms with Gasteiger partial charge in [0, 0.05) is 49.4 Å². The van der Waals surface area contributed by atoms with E-state index in [2.05, 4.69) is 28.9 Å². The molecule has 1 aromatic heterocycles. The molecule has 0 aliphatic carbocycles. The molecule has 1 saturated heterocycles. The molecule has 1 amide bonds. The van der Waals surface area contributed by atoms with Crippen molar-refractivity contribution in [3.8, 4) is 0 Å². The first kappa shape index (κ1) is 20.1. The van der Waals surface area contributed by atoms with Gasteiger partial charge in [-0.2, -0.15) is 0 Å². The molecule has 0 saturated carbocycles. The Morgan fingerprint density at radius 1 is 1.30 bits per heavy atom. The van der Waals surface area contributed by atoms with E-state index in [0.29, 0.717) is 49.1 Å². The Kier molecular flexibility index (Phi) is 6.73. The molecule has 1 aliphatic rings. The lowest BCUT2D eigenvalue weighted by Crippen LogP contribution is -2.48. The highest BCUT2D eigenvalue weighted by atomic mass is 35.5. The molecule has 0 atom stereocenters. The largest absolute Gasteiger partial charge is 0.339 e. The topological polar surface area (TPSA) is 54.3 Å². The average Bonchev–Trinajstić information content (AvgIpc) is 3.12. The van der Waals surface area contributed by atoms with Gasteiger partial charge in [0.15, 0.2) is 5.16 Å². The van der Waals surface area contributed by atoms with Gasteiger partial charge in [0.1, 0.15) is 12.1 Å². The maximum atomic E-state index is 13.9. The van der Waals surface area contributed by atoms with Gasteiger partial charge < -0.3 is 9.47 Å². The second kappa shape index (κ2) is 9.03. The Bertz CT molecular complexity index is 772. The van der Waals surface area contributed by atoms with E-state index in [1.807, 2.05) is 9.47 Å². The third-order valence-electron chi connectivity index (χ3n) is 4.59. The summed E-state index contributed by atoms with van der Waals surface area (Å²) in [4.78, 5) is 16.5. The number of hydrogen-bond acceptors (Lipinski definition) is 5. The summed E-state index contributed by atoms with van der Waals surface area (Å²) in [5, 5.41) is 9.20. The zero-order valence-corrected chi connectivity index (χ0v) is 17.0. The van der Waals surface area contributed by atoms with Crippen LogP contribution in [0, 0.1) is 5.82 Å². The van der Waals surface area contributed by atoms with E-state index in [9.17, 15) is 9.18 Å². The molecule has 0 spiro atoms. The van der Waals surface area contributed by atoms with Crippen molar-refractivity contribution >= 4 is 29.3 Å². The normalized spacial score (nSPS) is 15.5. The number of amides is 1. The number of hydrogen-bond donors (Lipinski definition) is 0. The predicted molar refractivity (Wildman–Crippen MR) is 104 cm³/mol. The molecular formula is C18H23ClFN5OS. The monoisotopic (exact) mass is 411 g/mol. The highest BCUT2D eigenvalue weighted by Gasteiger charge is 2.23. The fraction of sp³-hybridized carbons (Fsp3) is 0.500. The van der Waals surface area contributed by atoms with Crippen molar-refractivity contribution in [2.24, 2.45) is 0 Å². The van der Waals surface area contributed by atoms with Crippen LogP contribution in [0.1, 0.15) is 25.5 Å². The van der Waals surface area contributed by atoms with E-state index in [1.54, 1.807) is 18.5 Å². The quantitative estimate of drug-likeness (QED) is 0.684. The summed E-state index contributed by atoms with van der Waals surface area (Å²) in [7, 11) is 0. The Labute approximate surface area is 167 Å². The van der Waals surface area contributed by atoms with Crippen molar-refractivity contribution in [2.45, 2.75) is 31.6 Å². The van der Waals surface area contributed by atoms with E-state index in [0.717, 1.165) is 5.16 Å². The highest BCUT2D eigenvalue weighted by Crippen LogP contribution is 2.22. The summed E-state index contributed by atoms with van der Waals surface area (Å²) in [6.07, 6.45) is 1.68. The lowest BCUT2D eigenvalue weighted by Gasteiger charge is -2.34. The number of carbonyl (C=O) groups is 1. The van der Waals surface area contributed by atoms with E-state index in [1.165, 1.54) is 17.8 Å². The standard InChI is InChI=1S/C18H23ClFN5OS/c1-13(2)25-12-21-22-18(25)27-11-17(26)24-8-6-23(7-9-24)10-14-15(19)4-3-5-16(14)20/h3-5,12-13H,6-11H2,1-2H3. The number of aromatic nitrogens is 3. The number of thioether (sulfide) groups is 1. The molecule has 2 heterocycles. The number of nitrogens with zero attached hydrogens (tertiary/aromatic N) is 5. The van der Waals surface area contributed by atoms with Crippen LogP contribution in [0.15, 0.2) is 29.7 Å². The van der Waals surface area contributed by atoms with Gasteiger partial charge in [-0.25, -0.2) is 4.39 Å². The van der Waals surface area contributed by atoms with Gasteiger partial charge in [-0.1, -0.05) is 29.4 Å². The summed E-state index contributed by atoms with van der Waals surface area (Å²) >= 11 is 7.51. The van der Waals surface area contributed by atoms with Crippen LogP contribution in [-0.4, -0.2) is 62.4 Å². The third-order valence-corrected chi connectivity index (χ3v) is 5.89. The number of halogens is 2. The Morgan fingerprint density at radius 3 is 2.70 bits per heavy atom. The fourth-order valence-corrected chi connectivity index (χ4v) is 4.14. The molecule has 1 fully saturated rings. The zero-order valence-electron chi connectivity index (χ0n) is 15.4. The van der Waals surface area contributed by atoms with Gasteiger partial charge in [0.05, 0.1) is 5.75 Å². The molecule has 0 N–H and O–H groups in total. The number of carbonyl (C=O) groups excluding carboxylic acids is 1. The minimum absolute atomic E-state index is 0.0851. The SMILES string of the molecule is CC(C)n1cnnc1SCC(=O)N1CCN(Cc2c(F)cccc2Cl)CC1. The van der Waals surface area contributed by atoms with E-state index in [-0.39, 0.29) is 17.8 Å².